The van der Waals surface area contributed by atoms with Crippen LogP contribution in [0.3, 0.4) is 0 Å². The topological polar surface area (TPSA) is 62.5 Å². The summed E-state index contributed by atoms with van der Waals surface area (Å²) >= 11 is 8.45. The number of halogens is 1. The van der Waals surface area contributed by atoms with Crippen LogP contribution in [-0.4, -0.2) is 17.6 Å². The summed E-state index contributed by atoms with van der Waals surface area (Å²) in [5, 5.41) is 15.7. The first kappa shape index (κ1) is 15.3. The first-order valence-corrected chi connectivity index (χ1v) is 8.49. The van der Waals surface area contributed by atoms with Gasteiger partial charge >= 0.3 is 0 Å². The van der Waals surface area contributed by atoms with Crippen molar-refractivity contribution in [3.63, 3.8) is 0 Å². The van der Waals surface area contributed by atoms with Gasteiger partial charge in [-0.05, 0) is 29.6 Å². The molecule has 0 aliphatic rings. The summed E-state index contributed by atoms with van der Waals surface area (Å²) < 4.78 is 5.62. The minimum absolute atomic E-state index is 0.0431. The van der Waals surface area contributed by atoms with E-state index in [1.807, 2.05) is 17.5 Å². The van der Waals surface area contributed by atoms with Crippen molar-refractivity contribution >= 4 is 40.2 Å². The highest BCUT2D eigenvalue weighted by atomic mass is 35.5. The first-order chi connectivity index (χ1) is 10.6. The third-order valence-electron chi connectivity index (χ3n) is 3.23. The second-order valence-electron chi connectivity index (χ2n) is 4.64. The molecule has 3 heterocycles. The van der Waals surface area contributed by atoms with Gasteiger partial charge in [-0.25, -0.2) is 0 Å². The third kappa shape index (κ3) is 2.96. The number of thiophene rings is 2. The molecule has 0 saturated carbocycles. The Hall–Kier alpha value is -1.60. The Morgan fingerprint density at radius 2 is 2.23 bits per heavy atom. The number of furan rings is 1. The minimum Gasteiger partial charge on any atom is -0.472 e. The summed E-state index contributed by atoms with van der Waals surface area (Å²) in [7, 11) is 0. The molecule has 2 N–H and O–H groups in total. The molecule has 0 fully saturated rings. The fourth-order valence-electron chi connectivity index (χ4n) is 2.08. The number of aliphatic hydroxyl groups is 1. The van der Waals surface area contributed by atoms with Crippen LogP contribution >= 0.6 is 34.3 Å². The van der Waals surface area contributed by atoms with E-state index in [-0.39, 0.29) is 12.5 Å². The second kappa shape index (κ2) is 6.26. The monoisotopic (exact) mass is 353 g/mol. The molecule has 7 heteroatoms. The van der Waals surface area contributed by atoms with E-state index in [0.29, 0.717) is 14.8 Å². The van der Waals surface area contributed by atoms with Crippen LogP contribution in [0.15, 0.2) is 52.7 Å². The molecule has 3 aromatic heterocycles. The molecule has 0 saturated heterocycles. The smallest absolute Gasteiger partial charge is 0.261 e. The van der Waals surface area contributed by atoms with Crippen molar-refractivity contribution in [1.29, 1.82) is 0 Å². The first-order valence-electron chi connectivity index (χ1n) is 6.42. The highest BCUT2D eigenvalue weighted by molar-refractivity contribution is 7.18. The van der Waals surface area contributed by atoms with Crippen LogP contribution in [-0.2, 0) is 5.60 Å². The number of rotatable bonds is 5. The van der Waals surface area contributed by atoms with Gasteiger partial charge in [0.2, 0.25) is 0 Å². The SMILES string of the molecule is O=C(NCC(O)(c1ccoc1)c1cccs1)c1ccc(Cl)s1. The molecule has 0 bridgehead atoms. The number of hydrogen-bond donors (Lipinski definition) is 2. The number of hydrogen-bond acceptors (Lipinski definition) is 5. The van der Waals surface area contributed by atoms with E-state index < -0.39 is 5.60 Å². The molecule has 1 amide bonds. The Bertz CT molecular complexity index is 715. The average Bonchev–Trinajstić information content (AvgIpc) is 3.24. The van der Waals surface area contributed by atoms with E-state index >= 15 is 0 Å². The molecule has 4 nitrogen and oxygen atoms in total. The van der Waals surface area contributed by atoms with E-state index in [2.05, 4.69) is 5.32 Å². The van der Waals surface area contributed by atoms with E-state index in [0.717, 1.165) is 4.88 Å². The summed E-state index contributed by atoms with van der Waals surface area (Å²) in [5.74, 6) is -0.268. The normalized spacial score (nSPS) is 13.7. The van der Waals surface area contributed by atoms with Crippen molar-refractivity contribution in [2.24, 2.45) is 0 Å². The lowest BCUT2D eigenvalue weighted by Crippen LogP contribution is -2.40. The molecule has 1 unspecified atom stereocenters. The van der Waals surface area contributed by atoms with Crippen LogP contribution in [0, 0.1) is 0 Å². The summed E-state index contributed by atoms with van der Waals surface area (Å²) in [6, 6.07) is 8.69. The summed E-state index contributed by atoms with van der Waals surface area (Å²) in [6.45, 7) is 0.0431. The number of carbonyl (C=O) groups is 1. The van der Waals surface area contributed by atoms with E-state index in [9.17, 15) is 9.90 Å². The van der Waals surface area contributed by atoms with Gasteiger partial charge < -0.3 is 14.8 Å². The maximum absolute atomic E-state index is 12.2. The molecule has 3 aromatic rings. The van der Waals surface area contributed by atoms with Gasteiger partial charge in [-0.1, -0.05) is 17.7 Å². The summed E-state index contributed by atoms with van der Waals surface area (Å²) in [4.78, 5) is 13.4. The van der Waals surface area contributed by atoms with Crippen LogP contribution in [0.4, 0.5) is 0 Å². The molecule has 0 spiro atoms. The van der Waals surface area contributed by atoms with Crippen molar-refractivity contribution < 1.29 is 14.3 Å². The molecule has 0 radical (unpaired) electrons. The van der Waals surface area contributed by atoms with Gasteiger partial charge in [0.05, 0.1) is 28.3 Å². The Morgan fingerprint density at radius 3 is 2.82 bits per heavy atom. The second-order valence-corrected chi connectivity index (χ2v) is 7.30. The Kier molecular flexibility index (Phi) is 4.35. The largest absolute Gasteiger partial charge is 0.472 e. The maximum atomic E-state index is 12.2. The van der Waals surface area contributed by atoms with E-state index in [4.69, 9.17) is 16.0 Å². The molecular weight excluding hydrogens is 342 g/mol. The lowest BCUT2D eigenvalue weighted by atomic mass is 9.94. The Balaban J connectivity index is 1.81. The zero-order chi connectivity index (χ0) is 15.6. The average molecular weight is 354 g/mol. The quantitative estimate of drug-likeness (QED) is 0.734. The van der Waals surface area contributed by atoms with Crippen LogP contribution in [0.5, 0.6) is 0 Å². The summed E-state index contributed by atoms with van der Waals surface area (Å²) in [6.07, 6.45) is 2.97. The van der Waals surface area contributed by atoms with Crippen LogP contribution in [0.1, 0.15) is 20.1 Å². The molecule has 114 valence electrons. The standard InChI is InChI=1S/C15H12ClNO3S2/c16-13-4-3-11(22-13)14(18)17-9-15(19,10-5-6-20-8-10)12-2-1-7-21-12/h1-8,19H,9H2,(H,17,18). The highest BCUT2D eigenvalue weighted by Gasteiger charge is 2.34. The zero-order valence-electron chi connectivity index (χ0n) is 11.3. The number of amides is 1. The van der Waals surface area contributed by atoms with E-state index in [1.54, 1.807) is 18.2 Å². The molecular formula is C15H12ClNO3S2. The van der Waals surface area contributed by atoms with Gasteiger partial charge in [0, 0.05) is 10.4 Å². The van der Waals surface area contributed by atoms with Crippen LogP contribution in [0.2, 0.25) is 4.34 Å². The van der Waals surface area contributed by atoms with Gasteiger partial charge in [0.15, 0.2) is 0 Å². The van der Waals surface area contributed by atoms with Crippen molar-refractivity contribution in [1.82, 2.24) is 5.32 Å². The maximum Gasteiger partial charge on any atom is 0.261 e. The lowest BCUT2D eigenvalue weighted by molar-refractivity contribution is 0.0716. The van der Waals surface area contributed by atoms with Gasteiger partial charge in [-0.15, -0.1) is 22.7 Å². The molecule has 0 aliphatic carbocycles. The van der Waals surface area contributed by atoms with E-state index in [1.165, 1.54) is 35.2 Å². The number of carbonyl (C=O) groups excluding carboxylic acids is 1. The van der Waals surface area contributed by atoms with Gasteiger partial charge in [0.25, 0.3) is 5.91 Å². The molecule has 22 heavy (non-hydrogen) atoms. The van der Waals surface area contributed by atoms with Gasteiger partial charge in [0.1, 0.15) is 5.60 Å². The molecule has 0 aliphatic heterocycles. The van der Waals surface area contributed by atoms with Crippen molar-refractivity contribution in [3.05, 3.63) is 67.9 Å². The lowest BCUT2D eigenvalue weighted by Gasteiger charge is -2.26. The fourth-order valence-corrected chi connectivity index (χ4v) is 3.88. The highest BCUT2D eigenvalue weighted by Crippen LogP contribution is 2.32. The van der Waals surface area contributed by atoms with Gasteiger partial charge in [-0.2, -0.15) is 0 Å². The zero-order valence-corrected chi connectivity index (χ0v) is 13.7. The Morgan fingerprint density at radius 1 is 1.36 bits per heavy atom. The Labute approximate surface area is 140 Å². The summed E-state index contributed by atoms with van der Waals surface area (Å²) in [5.41, 5.74) is -0.725. The van der Waals surface area contributed by atoms with Crippen molar-refractivity contribution in [2.45, 2.75) is 5.60 Å². The molecule has 3 rings (SSSR count). The predicted octanol–water partition coefficient (Wildman–Crippen LogP) is 3.72. The fraction of sp³-hybridized carbons (Fsp3) is 0.133. The van der Waals surface area contributed by atoms with Crippen LogP contribution in [0.25, 0.3) is 0 Å². The van der Waals surface area contributed by atoms with Crippen molar-refractivity contribution in [3.8, 4) is 0 Å². The molecule has 0 aromatic carbocycles. The minimum atomic E-state index is -1.32. The predicted molar refractivity (Wildman–Crippen MR) is 87.7 cm³/mol. The van der Waals surface area contributed by atoms with Crippen LogP contribution < -0.4 is 5.32 Å². The third-order valence-corrected chi connectivity index (χ3v) is 5.48. The van der Waals surface area contributed by atoms with Gasteiger partial charge in [-0.3, -0.25) is 4.79 Å². The van der Waals surface area contributed by atoms with Crippen molar-refractivity contribution in [2.75, 3.05) is 6.54 Å². The molecule has 1 atom stereocenters. The number of nitrogens with one attached hydrogen (secondary N) is 1.